The van der Waals surface area contributed by atoms with Crippen molar-refractivity contribution in [2.24, 2.45) is 0 Å². The van der Waals surface area contributed by atoms with E-state index in [-0.39, 0.29) is 17.3 Å². The standard InChI is InChI=1S/C13H21N3O4S/c1-4-5-8-14-12(17)10-16-9-11(6-7-13(16)18)21(19,20)15(2)3/h6-7,9H,4-5,8,10H2,1-3H3,(H,14,17). The van der Waals surface area contributed by atoms with Crippen LogP contribution in [0.5, 0.6) is 0 Å². The van der Waals surface area contributed by atoms with Gasteiger partial charge in [0.25, 0.3) is 5.56 Å². The van der Waals surface area contributed by atoms with Gasteiger partial charge in [0.05, 0.1) is 4.90 Å². The Bertz CT molecular complexity index is 650. The molecule has 0 aromatic carbocycles. The summed E-state index contributed by atoms with van der Waals surface area (Å²) in [7, 11) is -0.821. The molecule has 1 heterocycles. The summed E-state index contributed by atoms with van der Waals surface area (Å²) in [6.07, 6.45) is 3.00. The lowest BCUT2D eigenvalue weighted by Crippen LogP contribution is -2.33. The van der Waals surface area contributed by atoms with Crippen molar-refractivity contribution in [1.82, 2.24) is 14.2 Å². The zero-order valence-electron chi connectivity index (χ0n) is 12.5. The number of nitrogens with one attached hydrogen (secondary N) is 1. The number of sulfonamides is 1. The van der Waals surface area contributed by atoms with Crippen LogP contribution in [0.15, 0.2) is 28.0 Å². The van der Waals surface area contributed by atoms with E-state index in [1.54, 1.807) is 0 Å². The lowest BCUT2D eigenvalue weighted by molar-refractivity contribution is -0.121. The predicted octanol–water partition coefficient (Wildman–Crippen LogP) is 0.0149. The van der Waals surface area contributed by atoms with Crippen molar-refractivity contribution in [1.29, 1.82) is 0 Å². The Kier molecular flexibility index (Phi) is 6.10. The maximum atomic E-state index is 12.0. The van der Waals surface area contributed by atoms with Gasteiger partial charge in [-0.1, -0.05) is 13.3 Å². The van der Waals surface area contributed by atoms with E-state index in [4.69, 9.17) is 0 Å². The quantitative estimate of drug-likeness (QED) is 0.718. The van der Waals surface area contributed by atoms with Crippen molar-refractivity contribution in [3.63, 3.8) is 0 Å². The number of hydrogen-bond acceptors (Lipinski definition) is 4. The summed E-state index contributed by atoms with van der Waals surface area (Å²) in [6.45, 7) is 2.35. The number of unbranched alkanes of at least 4 members (excludes halogenated alkanes) is 1. The normalized spacial score (nSPS) is 11.6. The van der Waals surface area contributed by atoms with E-state index in [1.165, 1.54) is 26.4 Å². The number of pyridine rings is 1. The molecule has 1 aromatic rings. The smallest absolute Gasteiger partial charge is 0.251 e. The summed E-state index contributed by atoms with van der Waals surface area (Å²) in [5.41, 5.74) is -0.418. The Labute approximate surface area is 124 Å². The van der Waals surface area contributed by atoms with E-state index in [1.807, 2.05) is 6.92 Å². The van der Waals surface area contributed by atoms with Crippen molar-refractivity contribution >= 4 is 15.9 Å². The van der Waals surface area contributed by atoms with Gasteiger partial charge in [0, 0.05) is 32.9 Å². The fourth-order valence-corrected chi connectivity index (χ4v) is 2.53. The van der Waals surface area contributed by atoms with Gasteiger partial charge < -0.3 is 9.88 Å². The summed E-state index contributed by atoms with van der Waals surface area (Å²) in [6, 6.07) is 2.39. The number of nitrogens with zero attached hydrogens (tertiary/aromatic N) is 2. The van der Waals surface area contributed by atoms with Gasteiger partial charge in [-0.25, -0.2) is 12.7 Å². The molecule has 0 aliphatic heterocycles. The van der Waals surface area contributed by atoms with Gasteiger partial charge in [0.2, 0.25) is 15.9 Å². The third-order valence-corrected chi connectivity index (χ3v) is 4.70. The van der Waals surface area contributed by atoms with Crippen LogP contribution in [0.4, 0.5) is 0 Å². The molecule has 0 fully saturated rings. The molecule has 1 rings (SSSR count). The third-order valence-electron chi connectivity index (χ3n) is 2.90. The Balaban J connectivity index is 2.94. The summed E-state index contributed by atoms with van der Waals surface area (Å²) in [5, 5.41) is 2.68. The molecule has 0 unspecified atom stereocenters. The first-order chi connectivity index (χ1) is 9.78. The zero-order chi connectivity index (χ0) is 16.0. The summed E-state index contributed by atoms with van der Waals surface area (Å²) < 4.78 is 26.2. The topological polar surface area (TPSA) is 88.5 Å². The Hall–Kier alpha value is -1.67. The van der Waals surface area contributed by atoms with Crippen LogP contribution in [0.25, 0.3) is 0 Å². The van der Waals surface area contributed by atoms with Crippen LogP contribution in [0.2, 0.25) is 0 Å². The molecule has 1 amide bonds. The molecule has 21 heavy (non-hydrogen) atoms. The number of hydrogen-bond donors (Lipinski definition) is 1. The number of carbonyl (C=O) groups is 1. The molecule has 0 aliphatic carbocycles. The molecule has 0 aliphatic rings. The van der Waals surface area contributed by atoms with Crippen LogP contribution in [0.3, 0.4) is 0 Å². The molecule has 0 saturated carbocycles. The predicted molar refractivity (Wildman–Crippen MR) is 79.5 cm³/mol. The number of rotatable bonds is 7. The van der Waals surface area contributed by atoms with Gasteiger partial charge in [-0.2, -0.15) is 0 Å². The summed E-state index contributed by atoms with van der Waals surface area (Å²) >= 11 is 0. The molecule has 7 nitrogen and oxygen atoms in total. The van der Waals surface area contributed by atoms with Crippen LogP contribution in [-0.2, 0) is 21.4 Å². The molecular formula is C13H21N3O4S. The van der Waals surface area contributed by atoms with Crippen LogP contribution >= 0.6 is 0 Å². The molecule has 0 bridgehead atoms. The lowest BCUT2D eigenvalue weighted by Gasteiger charge is -2.13. The van der Waals surface area contributed by atoms with E-state index in [0.717, 1.165) is 27.8 Å². The Morgan fingerprint density at radius 2 is 2.00 bits per heavy atom. The highest BCUT2D eigenvalue weighted by atomic mass is 32.2. The van der Waals surface area contributed by atoms with Crippen molar-refractivity contribution in [2.75, 3.05) is 20.6 Å². The van der Waals surface area contributed by atoms with Crippen molar-refractivity contribution in [3.05, 3.63) is 28.7 Å². The maximum absolute atomic E-state index is 12.0. The van der Waals surface area contributed by atoms with E-state index >= 15 is 0 Å². The van der Waals surface area contributed by atoms with Gasteiger partial charge in [-0.05, 0) is 12.5 Å². The van der Waals surface area contributed by atoms with Crippen molar-refractivity contribution in [2.45, 2.75) is 31.2 Å². The zero-order valence-corrected chi connectivity index (χ0v) is 13.3. The highest BCUT2D eigenvalue weighted by Gasteiger charge is 2.18. The van der Waals surface area contributed by atoms with E-state index < -0.39 is 15.6 Å². The van der Waals surface area contributed by atoms with Crippen LogP contribution in [0, 0.1) is 0 Å². The first-order valence-corrected chi connectivity index (χ1v) is 8.12. The second kappa shape index (κ2) is 7.37. The monoisotopic (exact) mass is 315 g/mol. The average Bonchev–Trinajstić information content (AvgIpc) is 2.41. The second-order valence-electron chi connectivity index (χ2n) is 4.82. The molecule has 8 heteroatoms. The van der Waals surface area contributed by atoms with Gasteiger partial charge >= 0.3 is 0 Å². The van der Waals surface area contributed by atoms with Crippen LogP contribution < -0.4 is 10.9 Å². The van der Waals surface area contributed by atoms with E-state index in [0.29, 0.717) is 6.54 Å². The molecule has 1 aromatic heterocycles. The number of carbonyl (C=O) groups excluding carboxylic acids is 1. The molecule has 0 spiro atoms. The van der Waals surface area contributed by atoms with E-state index in [2.05, 4.69) is 5.32 Å². The fraction of sp³-hybridized carbons (Fsp3) is 0.538. The Morgan fingerprint density at radius 3 is 2.57 bits per heavy atom. The first kappa shape index (κ1) is 17.4. The third kappa shape index (κ3) is 4.68. The highest BCUT2D eigenvalue weighted by Crippen LogP contribution is 2.10. The second-order valence-corrected chi connectivity index (χ2v) is 6.97. The fourth-order valence-electron chi connectivity index (χ4n) is 1.61. The minimum absolute atomic E-state index is 0.0199. The van der Waals surface area contributed by atoms with Crippen LogP contribution in [-0.4, -0.2) is 43.8 Å². The van der Waals surface area contributed by atoms with Crippen LogP contribution in [0.1, 0.15) is 19.8 Å². The lowest BCUT2D eigenvalue weighted by atomic mass is 10.3. The number of aromatic nitrogens is 1. The molecular weight excluding hydrogens is 294 g/mol. The van der Waals surface area contributed by atoms with Crippen molar-refractivity contribution < 1.29 is 13.2 Å². The molecule has 0 saturated heterocycles. The molecule has 0 atom stereocenters. The summed E-state index contributed by atoms with van der Waals surface area (Å²) in [5.74, 6) is -0.315. The largest absolute Gasteiger partial charge is 0.355 e. The molecule has 0 radical (unpaired) electrons. The summed E-state index contributed by atoms with van der Waals surface area (Å²) in [4.78, 5) is 23.4. The van der Waals surface area contributed by atoms with Crippen molar-refractivity contribution in [3.8, 4) is 0 Å². The SMILES string of the molecule is CCCCNC(=O)Cn1cc(S(=O)(=O)N(C)C)ccc1=O. The van der Waals surface area contributed by atoms with E-state index in [9.17, 15) is 18.0 Å². The molecule has 118 valence electrons. The highest BCUT2D eigenvalue weighted by molar-refractivity contribution is 7.89. The van der Waals surface area contributed by atoms with Gasteiger partial charge in [-0.15, -0.1) is 0 Å². The Morgan fingerprint density at radius 1 is 1.33 bits per heavy atom. The van der Waals surface area contributed by atoms with Gasteiger partial charge in [0.1, 0.15) is 6.54 Å². The maximum Gasteiger partial charge on any atom is 0.251 e. The van der Waals surface area contributed by atoms with Gasteiger partial charge in [0.15, 0.2) is 0 Å². The first-order valence-electron chi connectivity index (χ1n) is 6.68. The minimum Gasteiger partial charge on any atom is -0.355 e. The minimum atomic E-state index is -3.63. The average molecular weight is 315 g/mol. The number of amides is 1. The van der Waals surface area contributed by atoms with Gasteiger partial charge in [-0.3, -0.25) is 9.59 Å². The molecule has 1 N–H and O–H groups in total.